The second-order valence-corrected chi connectivity index (χ2v) is 5.19. The standard InChI is InChI=1S/C14H13ClN4S/c1-20-14-11(8-16)13(18-9-19-14)17-7-6-10-4-2-3-5-12(10)15/h2-5,9H,6-7H2,1H3,(H,17,18,19). The molecule has 1 aromatic heterocycles. The van der Waals surface area contributed by atoms with Crippen LogP contribution in [-0.2, 0) is 6.42 Å². The monoisotopic (exact) mass is 304 g/mol. The highest BCUT2D eigenvalue weighted by molar-refractivity contribution is 7.98. The molecule has 2 aromatic rings. The van der Waals surface area contributed by atoms with Gasteiger partial charge in [0.25, 0.3) is 0 Å². The van der Waals surface area contributed by atoms with Gasteiger partial charge < -0.3 is 5.32 Å². The molecule has 102 valence electrons. The number of benzene rings is 1. The van der Waals surface area contributed by atoms with Crippen LogP contribution in [0, 0.1) is 11.3 Å². The van der Waals surface area contributed by atoms with Crippen LogP contribution in [0.25, 0.3) is 0 Å². The normalized spacial score (nSPS) is 10.1. The first-order valence-corrected chi connectivity index (χ1v) is 7.63. The number of halogens is 1. The fourth-order valence-electron chi connectivity index (χ4n) is 1.78. The summed E-state index contributed by atoms with van der Waals surface area (Å²) in [6.45, 7) is 0.656. The maximum atomic E-state index is 9.19. The number of hydrogen-bond acceptors (Lipinski definition) is 5. The minimum atomic E-state index is 0.485. The predicted molar refractivity (Wildman–Crippen MR) is 82.2 cm³/mol. The average molecular weight is 305 g/mol. The summed E-state index contributed by atoms with van der Waals surface area (Å²) in [6, 6.07) is 9.86. The average Bonchev–Trinajstić information content (AvgIpc) is 2.48. The summed E-state index contributed by atoms with van der Waals surface area (Å²) < 4.78 is 0. The molecule has 0 aliphatic heterocycles. The lowest BCUT2D eigenvalue weighted by atomic mass is 10.1. The molecule has 4 nitrogen and oxygen atoms in total. The molecule has 0 radical (unpaired) electrons. The summed E-state index contributed by atoms with van der Waals surface area (Å²) in [7, 11) is 0. The van der Waals surface area contributed by atoms with Gasteiger partial charge in [0.2, 0.25) is 0 Å². The van der Waals surface area contributed by atoms with Gasteiger partial charge in [-0.3, -0.25) is 0 Å². The Morgan fingerprint density at radius 3 is 2.85 bits per heavy atom. The molecule has 20 heavy (non-hydrogen) atoms. The Labute approximate surface area is 127 Å². The van der Waals surface area contributed by atoms with Crippen LogP contribution >= 0.6 is 23.4 Å². The van der Waals surface area contributed by atoms with Crippen LogP contribution in [0.1, 0.15) is 11.1 Å². The Balaban J connectivity index is 2.05. The topological polar surface area (TPSA) is 61.6 Å². The van der Waals surface area contributed by atoms with Crippen LogP contribution in [0.5, 0.6) is 0 Å². The Hall–Kier alpha value is -1.77. The maximum Gasteiger partial charge on any atom is 0.148 e. The summed E-state index contributed by atoms with van der Waals surface area (Å²) in [6.07, 6.45) is 4.12. The molecular weight excluding hydrogens is 292 g/mol. The van der Waals surface area contributed by atoms with Gasteiger partial charge in [0.15, 0.2) is 0 Å². The van der Waals surface area contributed by atoms with Crippen LogP contribution in [-0.4, -0.2) is 22.8 Å². The molecule has 0 saturated heterocycles. The van der Waals surface area contributed by atoms with Crippen molar-refractivity contribution >= 4 is 29.2 Å². The highest BCUT2D eigenvalue weighted by Crippen LogP contribution is 2.22. The lowest BCUT2D eigenvalue weighted by Crippen LogP contribution is -2.09. The first-order chi connectivity index (χ1) is 9.76. The van der Waals surface area contributed by atoms with Gasteiger partial charge in [-0.2, -0.15) is 5.26 Å². The molecule has 1 N–H and O–H groups in total. The molecule has 0 atom stereocenters. The second kappa shape index (κ2) is 7.13. The summed E-state index contributed by atoms with van der Waals surface area (Å²) in [5.41, 5.74) is 1.55. The van der Waals surface area contributed by atoms with E-state index in [0.29, 0.717) is 23.0 Å². The van der Waals surface area contributed by atoms with E-state index in [1.807, 2.05) is 30.5 Å². The molecule has 0 bridgehead atoms. The minimum absolute atomic E-state index is 0.485. The van der Waals surface area contributed by atoms with Crippen molar-refractivity contribution in [3.8, 4) is 6.07 Å². The number of nitriles is 1. The largest absolute Gasteiger partial charge is 0.369 e. The molecule has 2 rings (SSSR count). The van der Waals surface area contributed by atoms with Gasteiger partial charge in [-0.25, -0.2) is 9.97 Å². The van der Waals surface area contributed by atoms with Gasteiger partial charge in [-0.1, -0.05) is 29.8 Å². The number of thioether (sulfide) groups is 1. The molecule has 0 amide bonds. The Bertz CT molecular complexity index is 639. The van der Waals surface area contributed by atoms with E-state index in [1.165, 1.54) is 18.1 Å². The molecule has 0 spiro atoms. The number of anilines is 1. The van der Waals surface area contributed by atoms with Crippen molar-refractivity contribution in [2.24, 2.45) is 0 Å². The molecule has 0 unspecified atom stereocenters. The molecule has 0 fully saturated rings. The summed E-state index contributed by atoms with van der Waals surface area (Å²) >= 11 is 7.53. The van der Waals surface area contributed by atoms with E-state index in [4.69, 9.17) is 11.6 Å². The van der Waals surface area contributed by atoms with E-state index in [1.54, 1.807) is 0 Å². The number of hydrogen-bond donors (Lipinski definition) is 1. The number of rotatable bonds is 5. The molecule has 0 aliphatic rings. The Kier molecular flexibility index (Phi) is 5.22. The van der Waals surface area contributed by atoms with Crippen LogP contribution in [0.2, 0.25) is 5.02 Å². The van der Waals surface area contributed by atoms with Crippen LogP contribution in [0.3, 0.4) is 0 Å². The third kappa shape index (κ3) is 3.41. The van der Waals surface area contributed by atoms with E-state index in [2.05, 4.69) is 21.4 Å². The van der Waals surface area contributed by atoms with Crippen LogP contribution < -0.4 is 5.32 Å². The first kappa shape index (κ1) is 14.6. The predicted octanol–water partition coefficient (Wildman–Crippen LogP) is 3.38. The SMILES string of the molecule is CSc1ncnc(NCCc2ccccc2Cl)c1C#N. The lowest BCUT2D eigenvalue weighted by Gasteiger charge is -2.09. The van der Waals surface area contributed by atoms with Gasteiger partial charge in [-0.05, 0) is 24.3 Å². The Morgan fingerprint density at radius 2 is 2.15 bits per heavy atom. The smallest absolute Gasteiger partial charge is 0.148 e. The highest BCUT2D eigenvalue weighted by Gasteiger charge is 2.09. The summed E-state index contributed by atoms with van der Waals surface area (Å²) in [4.78, 5) is 8.20. The van der Waals surface area contributed by atoms with Crippen molar-refractivity contribution in [2.45, 2.75) is 11.4 Å². The third-order valence-corrected chi connectivity index (χ3v) is 3.83. The van der Waals surface area contributed by atoms with Crippen molar-refractivity contribution in [1.29, 1.82) is 5.26 Å². The van der Waals surface area contributed by atoms with Crippen molar-refractivity contribution < 1.29 is 0 Å². The fourth-order valence-corrected chi connectivity index (χ4v) is 2.50. The van der Waals surface area contributed by atoms with Gasteiger partial charge in [0.05, 0.1) is 0 Å². The van der Waals surface area contributed by atoms with Crippen LogP contribution in [0.15, 0.2) is 35.6 Å². The molecule has 1 aromatic carbocycles. The molecular formula is C14H13ClN4S. The molecule has 6 heteroatoms. The van der Waals surface area contributed by atoms with Crippen molar-refractivity contribution in [1.82, 2.24) is 9.97 Å². The van der Waals surface area contributed by atoms with E-state index < -0.39 is 0 Å². The fraction of sp³-hybridized carbons (Fsp3) is 0.214. The van der Waals surface area contributed by atoms with Crippen LogP contribution in [0.4, 0.5) is 5.82 Å². The number of nitrogens with zero attached hydrogens (tertiary/aromatic N) is 3. The van der Waals surface area contributed by atoms with E-state index in [0.717, 1.165) is 17.0 Å². The Morgan fingerprint density at radius 1 is 1.35 bits per heavy atom. The van der Waals surface area contributed by atoms with Gasteiger partial charge >= 0.3 is 0 Å². The third-order valence-electron chi connectivity index (χ3n) is 2.76. The quantitative estimate of drug-likeness (QED) is 0.678. The summed E-state index contributed by atoms with van der Waals surface area (Å²) in [5.74, 6) is 0.568. The van der Waals surface area contributed by atoms with Gasteiger partial charge in [-0.15, -0.1) is 11.8 Å². The van der Waals surface area contributed by atoms with E-state index in [9.17, 15) is 5.26 Å². The first-order valence-electron chi connectivity index (χ1n) is 6.02. The minimum Gasteiger partial charge on any atom is -0.369 e. The summed E-state index contributed by atoms with van der Waals surface area (Å²) in [5, 5.41) is 13.8. The van der Waals surface area contributed by atoms with E-state index in [-0.39, 0.29) is 0 Å². The number of aromatic nitrogens is 2. The van der Waals surface area contributed by atoms with E-state index >= 15 is 0 Å². The second-order valence-electron chi connectivity index (χ2n) is 3.99. The molecule has 0 saturated carbocycles. The maximum absolute atomic E-state index is 9.19. The zero-order valence-corrected chi connectivity index (χ0v) is 12.5. The van der Waals surface area contributed by atoms with Crippen molar-refractivity contribution in [3.63, 3.8) is 0 Å². The molecule has 0 aliphatic carbocycles. The van der Waals surface area contributed by atoms with Crippen molar-refractivity contribution in [2.75, 3.05) is 18.1 Å². The van der Waals surface area contributed by atoms with Gasteiger partial charge in [0, 0.05) is 11.6 Å². The van der Waals surface area contributed by atoms with Gasteiger partial charge in [0.1, 0.15) is 28.8 Å². The zero-order chi connectivity index (χ0) is 14.4. The lowest BCUT2D eigenvalue weighted by molar-refractivity contribution is 0.972. The highest BCUT2D eigenvalue weighted by atomic mass is 35.5. The van der Waals surface area contributed by atoms with Crippen molar-refractivity contribution in [3.05, 3.63) is 46.7 Å². The molecule has 1 heterocycles. The zero-order valence-electron chi connectivity index (χ0n) is 10.9. The number of nitrogens with one attached hydrogen (secondary N) is 1.